The molecule has 3 rings (SSSR count). The Balaban J connectivity index is 1.61. The van der Waals surface area contributed by atoms with Gasteiger partial charge in [0.2, 0.25) is 0 Å². The molecule has 1 N–H and O–H groups in total. The van der Waals surface area contributed by atoms with Crippen LogP contribution in [-0.2, 0) is 11.3 Å². The van der Waals surface area contributed by atoms with E-state index in [0.29, 0.717) is 0 Å². The van der Waals surface area contributed by atoms with Crippen molar-refractivity contribution in [1.29, 1.82) is 0 Å². The molecule has 0 atom stereocenters. The van der Waals surface area contributed by atoms with Gasteiger partial charge in [-0.25, -0.2) is 4.98 Å². The van der Waals surface area contributed by atoms with Crippen LogP contribution in [0.2, 0.25) is 0 Å². The average molecular weight is 289 g/mol. The molecule has 4 nitrogen and oxygen atoms in total. The Morgan fingerprint density at radius 1 is 1.24 bits per heavy atom. The SMILES string of the molecule is Cc1cc(CNC2CC2)cc(N(C)CC2CCOCC2)n1. The Labute approximate surface area is 127 Å². The molecule has 1 aliphatic heterocycles. The van der Waals surface area contributed by atoms with E-state index in [1.54, 1.807) is 0 Å². The van der Waals surface area contributed by atoms with Gasteiger partial charge in [-0.05, 0) is 56.2 Å². The molecule has 116 valence electrons. The number of ether oxygens (including phenoxy) is 1. The minimum absolute atomic E-state index is 0.735. The summed E-state index contributed by atoms with van der Waals surface area (Å²) in [5.41, 5.74) is 2.46. The third kappa shape index (κ3) is 4.42. The molecule has 1 aromatic rings. The molecule has 0 radical (unpaired) electrons. The molecule has 0 spiro atoms. The van der Waals surface area contributed by atoms with Crippen molar-refractivity contribution < 1.29 is 4.74 Å². The van der Waals surface area contributed by atoms with E-state index in [-0.39, 0.29) is 0 Å². The van der Waals surface area contributed by atoms with E-state index in [1.165, 1.54) is 31.2 Å². The fourth-order valence-corrected chi connectivity index (χ4v) is 2.98. The van der Waals surface area contributed by atoms with Crippen LogP contribution >= 0.6 is 0 Å². The zero-order valence-electron chi connectivity index (χ0n) is 13.3. The number of aromatic nitrogens is 1. The molecule has 1 aromatic heterocycles. The summed E-state index contributed by atoms with van der Waals surface area (Å²) in [7, 11) is 2.16. The van der Waals surface area contributed by atoms with Gasteiger partial charge < -0.3 is 15.0 Å². The number of anilines is 1. The molecule has 0 aromatic carbocycles. The lowest BCUT2D eigenvalue weighted by Crippen LogP contribution is -2.30. The molecule has 1 saturated heterocycles. The standard InChI is InChI=1S/C17H27N3O/c1-13-9-15(11-18-16-3-4-16)10-17(19-13)20(2)12-14-5-7-21-8-6-14/h9-10,14,16,18H,3-8,11-12H2,1-2H3. The molecule has 2 aliphatic rings. The Morgan fingerprint density at radius 3 is 2.71 bits per heavy atom. The summed E-state index contributed by atoms with van der Waals surface area (Å²) in [6.45, 7) is 5.96. The number of aryl methyl sites for hydroxylation is 1. The monoisotopic (exact) mass is 289 g/mol. The number of hydrogen-bond acceptors (Lipinski definition) is 4. The Bertz CT molecular complexity index is 467. The maximum Gasteiger partial charge on any atom is 0.128 e. The van der Waals surface area contributed by atoms with E-state index in [4.69, 9.17) is 9.72 Å². The fraction of sp³-hybridized carbons (Fsp3) is 0.706. The number of nitrogens with one attached hydrogen (secondary N) is 1. The average Bonchev–Trinajstić information content (AvgIpc) is 3.30. The van der Waals surface area contributed by atoms with E-state index in [9.17, 15) is 0 Å². The highest BCUT2D eigenvalue weighted by Crippen LogP contribution is 2.22. The molecular formula is C17H27N3O. The van der Waals surface area contributed by atoms with Crippen molar-refractivity contribution in [3.63, 3.8) is 0 Å². The summed E-state index contributed by atoms with van der Waals surface area (Å²) in [5.74, 6) is 1.84. The maximum atomic E-state index is 5.44. The number of rotatable bonds is 6. The highest BCUT2D eigenvalue weighted by Gasteiger charge is 2.20. The molecular weight excluding hydrogens is 262 g/mol. The van der Waals surface area contributed by atoms with E-state index in [0.717, 1.165) is 49.8 Å². The second-order valence-electron chi connectivity index (χ2n) is 6.57. The van der Waals surface area contributed by atoms with Gasteiger partial charge in [0, 0.05) is 45.1 Å². The third-order valence-electron chi connectivity index (χ3n) is 4.44. The first-order chi connectivity index (χ1) is 10.2. The predicted octanol–water partition coefficient (Wildman–Crippen LogP) is 2.50. The second kappa shape index (κ2) is 6.75. The molecule has 21 heavy (non-hydrogen) atoms. The van der Waals surface area contributed by atoms with Crippen molar-refractivity contribution in [2.45, 2.75) is 45.2 Å². The molecule has 1 saturated carbocycles. The highest BCUT2D eigenvalue weighted by molar-refractivity contribution is 5.42. The van der Waals surface area contributed by atoms with Gasteiger partial charge in [-0.1, -0.05) is 0 Å². The van der Waals surface area contributed by atoms with Crippen LogP contribution in [0.1, 0.15) is 36.9 Å². The quantitative estimate of drug-likeness (QED) is 0.873. The molecule has 1 aliphatic carbocycles. The Hall–Kier alpha value is -1.13. The van der Waals surface area contributed by atoms with Gasteiger partial charge in [-0.2, -0.15) is 0 Å². The smallest absolute Gasteiger partial charge is 0.128 e. The van der Waals surface area contributed by atoms with Gasteiger partial charge in [0.25, 0.3) is 0 Å². The van der Waals surface area contributed by atoms with Crippen molar-refractivity contribution in [2.24, 2.45) is 5.92 Å². The Morgan fingerprint density at radius 2 is 2.00 bits per heavy atom. The van der Waals surface area contributed by atoms with E-state index < -0.39 is 0 Å². The molecule has 2 fully saturated rings. The first-order valence-electron chi connectivity index (χ1n) is 8.20. The lowest BCUT2D eigenvalue weighted by molar-refractivity contribution is 0.0685. The number of nitrogens with zero attached hydrogens (tertiary/aromatic N) is 2. The molecule has 0 unspecified atom stereocenters. The minimum atomic E-state index is 0.735. The predicted molar refractivity (Wildman–Crippen MR) is 85.6 cm³/mol. The zero-order valence-corrected chi connectivity index (χ0v) is 13.3. The molecule has 4 heteroatoms. The van der Waals surface area contributed by atoms with Crippen LogP contribution in [0, 0.1) is 12.8 Å². The summed E-state index contributed by atoms with van der Waals surface area (Å²) < 4.78 is 5.44. The first-order valence-corrected chi connectivity index (χ1v) is 8.20. The van der Waals surface area contributed by atoms with Gasteiger partial charge in [0.1, 0.15) is 5.82 Å². The van der Waals surface area contributed by atoms with Crippen LogP contribution in [0.15, 0.2) is 12.1 Å². The normalized spacial score (nSPS) is 19.7. The van der Waals surface area contributed by atoms with E-state index in [2.05, 4.69) is 36.3 Å². The van der Waals surface area contributed by atoms with Crippen molar-refractivity contribution in [1.82, 2.24) is 10.3 Å². The summed E-state index contributed by atoms with van der Waals surface area (Å²) in [4.78, 5) is 7.02. The summed E-state index contributed by atoms with van der Waals surface area (Å²) >= 11 is 0. The molecule has 2 heterocycles. The summed E-state index contributed by atoms with van der Waals surface area (Å²) in [6.07, 6.45) is 5.01. The molecule has 0 amide bonds. The van der Waals surface area contributed by atoms with Crippen LogP contribution in [0.3, 0.4) is 0 Å². The van der Waals surface area contributed by atoms with Gasteiger partial charge in [0.05, 0.1) is 0 Å². The first kappa shape index (κ1) is 14.8. The fourth-order valence-electron chi connectivity index (χ4n) is 2.98. The summed E-state index contributed by atoms with van der Waals surface area (Å²) in [5, 5.41) is 3.58. The lowest BCUT2D eigenvalue weighted by atomic mass is 10.00. The van der Waals surface area contributed by atoms with Gasteiger partial charge >= 0.3 is 0 Å². The third-order valence-corrected chi connectivity index (χ3v) is 4.44. The van der Waals surface area contributed by atoms with Crippen molar-refractivity contribution >= 4 is 5.82 Å². The van der Waals surface area contributed by atoms with E-state index in [1.807, 2.05) is 0 Å². The van der Waals surface area contributed by atoms with Gasteiger partial charge in [-0.15, -0.1) is 0 Å². The van der Waals surface area contributed by atoms with Crippen LogP contribution < -0.4 is 10.2 Å². The molecule has 0 bridgehead atoms. The van der Waals surface area contributed by atoms with Gasteiger partial charge in [-0.3, -0.25) is 0 Å². The zero-order chi connectivity index (χ0) is 14.7. The van der Waals surface area contributed by atoms with Gasteiger partial charge in [0.15, 0.2) is 0 Å². The van der Waals surface area contributed by atoms with Crippen LogP contribution in [0.25, 0.3) is 0 Å². The lowest BCUT2D eigenvalue weighted by Gasteiger charge is -2.28. The number of hydrogen-bond donors (Lipinski definition) is 1. The van der Waals surface area contributed by atoms with Crippen molar-refractivity contribution in [3.05, 3.63) is 23.4 Å². The summed E-state index contributed by atoms with van der Waals surface area (Å²) in [6, 6.07) is 5.19. The number of pyridine rings is 1. The van der Waals surface area contributed by atoms with Crippen LogP contribution in [0.4, 0.5) is 5.82 Å². The van der Waals surface area contributed by atoms with Crippen molar-refractivity contribution in [2.75, 3.05) is 31.7 Å². The van der Waals surface area contributed by atoms with Crippen LogP contribution in [0.5, 0.6) is 0 Å². The highest BCUT2D eigenvalue weighted by atomic mass is 16.5. The van der Waals surface area contributed by atoms with Crippen molar-refractivity contribution in [3.8, 4) is 0 Å². The maximum absolute atomic E-state index is 5.44. The van der Waals surface area contributed by atoms with E-state index >= 15 is 0 Å². The largest absolute Gasteiger partial charge is 0.381 e. The second-order valence-corrected chi connectivity index (χ2v) is 6.57. The Kier molecular flexibility index (Phi) is 4.76. The topological polar surface area (TPSA) is 37.4 Å². The van der Waals surface area contributed by atoms with Crippen LogP contribution in [-0.4, -0.2) is 37.8 Å². The minimum Gasteiger partial charge on any atom is -0.381 e.